The zero-order chi connectivity index (χ0) is 29.1. The predicted molar refractivity (Wildman–Crippen MR) is 130 cm³/mol. The average molecular weight is 565 g/mol. The van der Waals surface area contributed by atoms with E-state index in [4.69, 9.17) is 14.2 Å². The summed E-state index contributed by atoms with van der Waals surface area (Å²) in [6, 6.07) is 0. The van der Waals surface area contributed by atoms with Crippen LogP contribution in [0.5, 0.6) is 0 Å². The van der Waals surface area contributed by atoms with Crippen LogP contribution in [-0.4, -0.2) is 60.8 Å². The summed E-state index contributed by atoms with van der Waals surface area (Å²) in [5, 5.41) is 7.37. The lowest BCUT2D eigenvalue weighted by Crippen LogP contribution is -2.59. The highest BCUT2D eigenvalue weighted by Gasteiger charge is 2.77. The maximum Gasteiger partial charge on any atom is 0.451 e. The van der Waals surface area contributed by atoms with E-state index < -0.39 is 75.4 Å². The van der Waals surface area contributed by atoms with Crippen LogP contribution >= 0.6 is 11.8 Å². The minimum atomic E-state index is -4.72. The van der Waals surface area contributed by atoms with E-state index in [-0.39, 0.29) is 11.6 Å². The first-order chi connectivity index (χ1) is 17.0. The fraction of sp³-hybridized carbons (Fsp3) is 0.792. The molecule has 2 fully saturated rings. The van der Waals surface area contributed by atoms with Gasteiger partial charge < -0.3 is 19.5 Å². The lowest BCUT2D eigenvalue weighted by atomic mass is 9.89. The summed E-state index contributed by atoms with van der Waals surface area (Å²) < 4.78 is 55.8. The molecule has 0 spiro atoms. The van der Waals surface area contributed by atoms with Crippen LogP contribution < -0.4 is 5.32 Å². The van der Waals surface area contributed by atoms with Crippen molar-refractivity contribution in [3.05, 3.63) is 5.82 Å². The second kappa shape index (κ2) is 9.60. The molecule has 3 rings (SSSR count). The Morgan fingerprint density at radius 2 is 1.50 bits per heavy atom. The molecule has 0 saturated heterocycles. The minimum absolute atomic E-state index is 0.0453. The number of thioether (sulfide) groups is 1. The zero-order valence-corrected chi connectivity index (χ0v) is 23.7. The van der Waals surface area contributed by atoms with Crippen LogP contribution in [0.3, 0.4) is 0 Å². The second-order valence-corrected chi connectivity index (χ2v) is 13.8. The third-order valence-electron chi connectivity index (χ3n) is 5.75. The largest absolute Gasteiger partial charge is 0.460 e. The molecule has 5 unspecified atom stereocenters. The van der Waals surface area contributed by atoms with Crippen LogP contribution in [-0.2, 0) is 30.0 Å². The van der Waals surface area contributed by atoms with Crippen LogP contribution in [0.1, 0.15) is 74.6 Å². The first-order valence-corrected chi connectivity index (χ1v) is 13.0. The Hall–Kier alpha value is -2.51. The number of ether oxygens (including phenoxy) is 3. The zero-order valence-electron chi connectivity index (χ0n) is 22.9. The van der Waals surface area contributed by atoms with Crippen LogP contribution in [0, 0.1) is 17.8 Å². The first kappa shape index (κ1) is 30.0. The van der Waals surface area contributed by atoms with Crippen molar-refractivity contribution in [2.75, 3.05) is 0 Å². The summed E-state index contributed by atoms with van der Waals surface area (Å²) in [6.45, 7) is 15.0. The molecule has 2 N–H and O–H groups in total. The molecular formula is C24H35F3N4O6S. The van der Waals surface area contributed by atoms with E-state index in [2.05, 4.69) is 15.4 Å². The molecule has 214 valence electrons. The van der Waals surface area contributed by atoms with Gasteiger partial charge in [0, 0.05) is 11.2 Å². The molecule has 2 aliphatic rings. The van der Waals surface area contributed by atoms with Crippen molar-refractivity contribution in [2.45, 2.75) is 108 Å². The molecule has 2 aliphatic carbocycles. The van der Waals surface area contributed by atoms with Gasteiger partial charge in [-0.15, -0.1) is 5.10 Å². The Balaban J connectivity index is 2.00. The van der Waals surface area contributed by atoms with Gasteiger partial charge in [-0.2, -0.15) is 18.2 Å². The number of nitrogens with one attached hydrogen (secondary N) is 2. The monoisotopic (exact) mass is 564 g/mol. The Morgan fingerprint density at radius 3 is 1.97 bits per heavy atom. The molecule has 1 heterocycles. The molecule has 2 saturated carbocycles. The van der Waals surface area contributed by atoms with Crippen LogP contribution in [0.4, 0.5) is 18.0 Å². The number of alkyl halides is 3. The maximum absolute atomic E-state index is 13.7. The van der Waals surface area contributed by atoms with Crippen LogP contribution in [0.25, 0.3) is 0 Å². The molecule has 10 nitrogen and oxygen atoms in total. The van der Waals surface area contributed by atoms with Crippen molar-refractivity contribution in [1.29, 1.82) is 0 Å². The standard InChI is InChI=1S/C24H35F3N4O6S/c1-20(2,3)35-15(32)13-12-11(38-18-28-16(30-31-18)24(25,26)27)10-23(14(12)13,17(33)36-21(4,5)6)29-19(34)37-22(7,8)9/h11-14H,10H2,1-9H3,(H,29,34)(H,28,30,31). The highest BCUT2D eigenvalue weighted by atomic mass is 32.2. The molecule has 1 aromatic rings. The fourth-order valence-corrected chi connectivity index (χ4v) is 5.99. The lowest BCUT2D eigenvalue weighted by molar-refractivity contribution is -0.165. The van der Waals surface area contributed by atoms with Crippen LogP contribution in [0.15, 0.2) is 5.16 Å². The number of halogens is 3. The number of esters is 2. The van der Waals surface area contributed by atoms with Gasteiger partial charge in [-0.25, -0.2) is 9.59 Å². The van der Waals surface area contributed by atoms with Crippen molar-refractivity contribution < 1.29 is 41.8 Å². The van der Waals surface area contributed by atoms with Gasteiger partial charge in [0.25, 0.3) is 0 Å². The van der Waals surface area contributed by atoms with Gasteiger partial charge in [-0.1, -0.05) is 11.8 Å². The Bertz CT molecular complexity index is 1090. The SMILES string of the molecule is CC(C)(C)OC(=O)NC1(C(=O)OC(C)(C)C)CC(Sc2n[nH]c(C(F)(F)F)n2)C2C(C(=O)OC(C)(C)C)C21. The molecule has 1 amide bonds. The molecule has 0 aromatic carbocycles. The predicted octanol–water partition coefficient (Wildman–Crippen LogP) is 4.50. The van der Waals surface area contributed by atoms with Gasteiger partial charge in [0.05, 0.1) is 5.92 Å². The number of hydrogen-bond donors (Lipinski definition) is 2. The van der Waals surface area contributed by atoms with Gasteiger partial charge in [0.2, 0.25) is 11.0 Å². The molecule has 14 heteroatoms. The lowest BCUT2D eigenvalue weighted by Gasteiger charge is -2.35. The Morgan fingerprint density at radius 1 is 0.947 bits per heavy atom. The van der Waals surface area contributed by atoms with E-state index in [0.717, 1.165) is 11.8 Å². The smallest absolute Gasteiger partial charge is 0.451 e. The van der Waals surface area contributed by atoms with Gasteiger partial charge in [-0.3, -0.25) is 9.89 Å². The summed E-state index contributed by atoms with van der Waals surface area (Å²) in [5.74, 6) is -4.69. The van der Waals surface area contributed by atoms with Crippen molar-refractivity contribution in [3.8, 4) is 0 Å². The average Bonchev–Trinajstić information content (AvgIpc) is 3.09. The molecule has 0 aliphatic heterocycles. The first-order valence-electron chi connectivity index (χ1n) is 12.2. The number of carbonyl (C=O) groups is 3. The van der Waals surface area contributed by atoms with E-state index >= 15 is 0 Å². The molecule has 0 radical (unpaired) electrons. The number of rotatable bonds is 5. The van der Waals surface area contributed by atoms with Gasteiger partial charge in [-0.05, 0) is 74.7 Å². The number of carbonyl (C=O) groups excluding carboxylic acids is 3. The highest BCUT2D eigenvalue weighted by Crippen LogP contribution is 2.66. The van der Waals surface area contributed by atoms with E-state index in [0.29, 0.717) is 0 Å². The summed E-state index contributed by atoms with van der Waals surface area (Å²) in [6.07, 6.45) is -5.66. The quantitative estimate of drug-likeness (QED) is 0.392. The third kappa shape index (κ3) is 6.92. The Labute approximate surface area is 223 Å². The van der Waals surface area contributed by atoms with E-state index in [1.165, 1.54) is 0 Å². The summed E-state index contributed by atoms with van der Waals surface area (Å²) in [4.78, 5) is 43.3. The van der Waals surface area contributed by atoms with E-state index in [9.17, 15) is 27.6 Å². The number of H-pyrrole nitrogens is 1. The molecule has 38 heavy (non-hydrogen) atoms. The number of alkyl carbamates (subject to hydrolysis) is 1. The third-order valence-corrected chi connectivity index (χ3v) is 6.93. The van der Waals surface area contributed by atoms with Crippen molar-refractivity contribution in [3.63, 3.8) is 0 Å². The fourth-order valence-electron chi connectivity index (χ4n) is 4.64. The number of hydrogen-bond acceptors (Lipinski definition) is 9. The summed E-state index contributed by atoms with van der Waals surface area (Å²) >= 11 is 0.894. The number of aromatic nitrogens is 3. The minimum Gasteiger partial charge on any atom is -0.460 e. The maximum atomic E-state index is 13.7. The van der Waals surface area contributed by atoms with E-state index in [1.54, 1.807) is 62.3 Å². The van der Waals surface area contributed by atoms with Crippen molar-refractivity contribution in [1.82, 2.24) is 20.5 Å². The van der Waals surface area contributed by atoms with Crippen molar-refractivity contribution in [2.24, 2.45) is 17.8 Å². The van der Waals surface area contributed by atoms with Gasteiger partial charge >= 0.3 is 24.2 Å². The molecule has 1 aromatic heterocycles. The number of amides is 1. The number of nitrogens with zero attached hydrogens (tertiary/aromatic N) is 2. The molecular weight excluding hydrogens is 529 g/mol. The number of fused-ring (bicyclic) bond motifs is 1. The Kier molecular flexibility index (Phi) is 7.59. The van der Waals surface area contributed by atoms with Gasteiger partial charge in [0.1, 0.15) is 22.3 Å². The summed E-state index contributed by atoms with van der Waals surface area (Å²) in [5.41, 5.74) is -4.33. The normalized spacial score (nSPS) is 27.4. The molecule has 0 bridgehead atoms. The second-order valence-electron chi connectivity index (χ2n) is 12.6. The van der Waals surface area contributed by atoms with E-state index in [1.807, 2.05) is 5.10 Å². The highest BCUT2D eigenvalue weighted by molar-refractivity contribution is 7.99. The van der Waals surface area contributed by atoms with Crippen LogP contribution in [0.2, 0.25) is 0 Å². The molecule has 5 atom stereocenters. The summed E-state index contributed by atoms with van der Waals surface area (Å²) in [7, 11) is 0. The number of aromatic amines is 1. The van der Waals surface area contributed by atoms with Gasteiger partial charge in [0.15, 0.2) is 0 Å². The topological polar surface area (TPSA) is 132 Å². The van der Waals surface area contributed by atoms with Crippen molar-refractivity contribution >= 4 is 29.8 Å².